The summed E-state index contributed by atoms with van der Waals surface area (Å²) in [5, 5.41) is 4.33. The number of hydrogen-bond acceptors (Lipinski definition) is 5. The first-order chi connectivity index (χ1) is 13.1. The molecule has 0 radical (unpaired) electrons. The van der Waals surface area contributed by atoms with Gasteiger partial charge in [-0.1, -0.05) is 6.42 Å². The van der Waals surface area contributed by atoms with Crippen LogP contribution in [0.4, 0.5) is 0 Å². The van der Waals surface area contributed by atoms with Crippen molar-refractivity contribution in [2.75, 3.05) is 32.8 Å². The zero-order valence-electron chi connectivity index (χ0n) is 16.1. The zero-order valence-corrected chi connectivity index (χ0v) is 16.1. The molecule has 0 bridgehead atoms. The summed E-state index contributed by atoms with van der Waals surface area (Å²) in [7, 11) is 3.78. The number of rotatable bonds is 4. The smallest absolute Gasteiger partial charge is 0.274 e. The standard InChI is InChI=1S/C19H28N6O2/c1-22-12-16(20-14-22)19(26)25-8-9-27-17(13-24-6-4-3-5-7-24)18(25)15-10-21-23(2)11-15/h10-12,14,17-18H,3-9,13H2,1-2H3/t17-,18-/m0/s1. The number of aromatic nitrogens is 4. The Labute approximate surface area is 159 Å². The van der Waals surface area contributed by atoms with Crippen LogP contribution in [0.2, 0.25) is 0 Å². The van der Waals surface area contributed by atoms with Crippen LogP contribution in [-0.2, 0) is 18.8 Å². The predicted molar refractivity (Wildman–Crippen MR) is 100 cm³/mol. The number of amides is 1. The molecule has 0 saturated carbocycles. The lowest BCUT2D eigenvalue weighted by Gasteiger charge is -2.43. The van der Waals surface area contributed by atoms with Gasteiger partial charge in [0.25, 0.3) is 5.91 Å². The molecule has 2 aromatic rings. The van der Waals surface area contributed by atoms with E-state index in [-0.39, 0.29) is 18.1 Å². The minimum absolute atomic E-state index is 0.0450. The first-order valence-corrected chi connectivity index (χ1v) is 9.73. The van der Waals surface area contributed by atoms with E-state index in [4.69, 9.17) is 4.74 Å². The van der Waals surface area contributed by atoms with Crippen molar-refractivity contribution in [2.45, 2.75) is 31.4 Å². The van der Waals surface area contributed by atoms with Crippen LogP contribution in [0.25, 0.3) is 0 Å². The summed E-state index contributed by atoms with van der Waals surface area (Å²) in [6, 6.07) is -0.149. The highest BCUT2D eigenvalue weighted by atomic mass is 16.5. The number of aryl methyl sites for hydroxylation is 2. The van der Waals surface area contributed by atoms with Gasteiger partial charge in [-0.15, -0.1) is 0 Å². The molecule has 2 saturated heterocycles. The SMILES string of the molecule is Cn1cnc(C(=O)N2CCO[C@@H](CN3CCCCC3)[C@@H]2c2cnn(C)c2)c1. The second kappa shape index (κ2) is 7.82. The molecule has 2 aliphatic rings. The molecule has 1 amide bonds. The Kier molecular flexibility index (Phi) is 5.27. The van der Waals surface area contributed by atoms with Crippen molar-refractivity contribution in [1.29, 1.82) is 0 Å². The number of carbonyl (C=O) groups is 1. The summed E-state index contributed by atoms with van der Waals surface area (Å²) >= 11 is 0. The van der Waals surface area contributed by atoms with Gasteiger partial charge in [0.05, 0.1) is 31.3 Å². The molecule has 2 aliphatic heterocycles. The van der Waals surface area contributed by atoms with E-state index in [1.54, 1.807) is 21.8 Å². The van der Waals surface area contributed by atoms with Crippen LogP contribution in [0, 0.1) is 0 Å². The Balaban J connectivity index is 1.61. The average molecular weight is 372 g/mol. The molecule has 2 atom stereocenters. The molecule has 0 spiro atoms. The van der Waals surface area contributed by atoms with Gasteiger partial charge in [-0.2, -0.15) is 5.10 Å². The topological polar surface area (TPSA) is 68.4 Å². The van der Waals surface area contributed by atoms with Gasteiger partial charge in [-0.05, 0) is 25.9 Å². The molecule has 8 heteroatoms. The van der Waals surface area contributed by atoms with Crippen molar-refractivity contribution in [3.63, 3.8) is 0 Å². The van der Waals surface area contributed by atoms with Gasteiger partial charge in [-0.3, -0.25) is 9.48 Å². The third-order valence-corrected chi connectivity index (χ3v) is 5.49. The Morgan fingerprint density at radius 2 is 2.00 bits per heavy atom. The second-order valence-corrected chi connectivity index (χ2v) is 7.59. The van der Waals surface area contributed by atoms with Crippen LogP contribution in [0.3, 0.4) is 0 Å². The summed E-state index contributed by atoms with van der Waals surface area (Å²) in [5.41, 5.74) is 1.49. The van der Waals surface area contributed by atoms with Crippen LogP contribution in [0.15, 0.2) is 24.9 Å². The van der Waals surface area contributed by atoms with Crippen molar-refractivity contribution >= 4 is 5.91 Å². The van der Waals surface area contributed by atoms with Crippen LogP contribution in [0.1, 0.15) is 41.4 Å². The number of carbonyl (C=O) groups excluding carboxylic acids is 1. The summed E-state index contributed by atoms with van der Waals surface area (Å²) in [6.45, 7) is 4.16. The predicted octanol–water partition coefficient (Wildman–Crippen LogP) is 1.22. The van der Waals surface area contributed by atoms with E-state index in [9.17, 15) is 4.79 Å². The van der Waals surface area contributed by atoms with E-state index < -0.39 is 0 Å². The molecular formula is C19H28N6O2. The minimum Gasteiger partial charge on any atom is -0.373 e. The summed E-state index contributed by atoms with van der Waals surface area (Å²) in [6.07, 6.45) is 11.0. The molecule has 146 valence electrons. The molecule has 0 aliphatic carbocycles. The van der Waals surface area contributed by atoms with E-state index in [1.165, 1.54) is 19.3 Å². The van der Waals surface area contributed by atoms with Crippen molar-refractivity contribution in [2.24, 2.45) is 14.1 Å². The lowest BCUT2D eigenvalue weighted by Crippen LogP contribution is -2.52. The number of morpholine rings is 1. The number of hydrogen-bond donors (Lipinski definition) is 0. The number of ether oxygens (including phenoxy) is 1. The monoisotopic (exact) mass is 372 g/mol. The Hall–Kier alpha value is -2.19. The molecule has 0 N–H and O–H groups in total. The number of imidazole rings is 1. The van der Waals surface area contributed by atoms with E-state index in [2.05, 4.69) is 15.0 Å². The Bertz CT molecular complexity index is 779. The Morgan fingerprint density at radius 3 is 2.67 bits per heavy atom. The maximum Gasteiger partial charge on any atom is 0.274 e. The van der Waals surface area contributed by atoms with Crippen molar-refractivity contribution < 1.29 is 9.53 Å². The average Bonchev–Trinajstić information content (AvgIpc) is 3.30. The molecule has 27 heavy (non-hydrogen) atoms. The fraction of sp³-hybridized carbons (Fsp3) is 0.632. The van der Waals surface area contributed by atoms with E-state index in [0.717, 1.165) is 25.2 Å². The normalized spacial score (nSPS) is 24.3. The quantitative estimate of drug-likeness (QED) is 0.807. The fourth-order valence-electron chi connectivity index (χ4n) is 4.17. The largest absolute Gasteiger partial charge is 0.373 e. The van der Waals surface area contributed by atoms with E-state index >= 15 is 0 Å². The number of nitrogens with zero attached hydrogens (tertiary/aromatic N) is 6. The molecule has 8 nitrogen and oxygen atoms in total. The summed E-state index contributed by atoms with van der Waals surface area (Å²) in [4.78, 5) is 21.8. The van der Waals surface area contributed by atoms with Crippen molar-refractivity contribution in [3.05, 3.63) is 36.2 Å². The highest BCUT2D eigenvalue weighted by Crippen LogP contribution is 2.31. The van der Waals surface area contributed by atoms with Gasteiger partial charge < -0.3 is 19.1 Å². The first-order valence-electron chi connectivity index (χ1n) is 9.73. The number of piperidine rings is 1. The van der Waals surface area contributed by atoms with Gasteiger partial charge in [0.1, 0.15) is 5.69 Å². The summed E-state index contributed by atoms with van der Waals surface area (Å²) in [5.74, 6) is -0.0450. The highest BCUT2D eigenvalue weighted by molar-refractivity contribution is 5.92. The summed E-state index contributed by atoms with van der Waals surface area (Å²) < 4.78 is 9.77. The highest BCUT2D eigenvalue weighted by Gasteiger charge is 2.39. The molecule has 4 heterocycles. The van der Waals surface area contributed by atoms with Crippen LogP contribution in [0.5, 0.6) is 0 Å². The van der Waals surface area contributed by atoms with Crippen LogP contribution >= 0.6 is 0 Å². The second-order valence-electron chi connectivity index (χ2n) is 7.59. The zero-order chi connectivity index (χ0) is 18.8. The molecule has 2 fully saturated rings. The lowest BCUT2D eigenvalue weighted by atomic mass is 9.99. The van der Waals surface area contributed by atoms with E-state index in [1.807, 2.05) is 31.4 Å². The van der Waals surface area contributed by atoms with Crippen molar-refractivity contribution in [1.82, 2.24) is 29.1 Å². The van der Waals surface area contributed by atoms with Gasteiger partial charge in [0, 0.05) is 45.1 Å². The molecule has 0 aromatic carbocycles. The third-order valence-electron chi connectivity index (χ3n) is 5.49. The maximum atomic E-state index is 13.2. The van der Waals surface area contributed by atoms with Gasteiger partial charge in [0.2, 0.25) is 0 Å². The minimum atomic E-state index is -0.149. The molecule has 0 unspecified atom stereocenters. The maximum absolute atomic E-state index is 13.2. The van der Waals surface area contributed by atoms with Gasteiger partial charge in [0.15, 0.2) is 0 Å². The molecule has 4 rings (SSSR count). The van der Waals surface area contributed by atoms with Gasteiger partial charge in [-0.25, -0.2) is 4.98 Å². The van der Waals surface area contributed by atoms with Crippen LogP contribution < -0.4 is 0 Å². The molecular weight excluding hydrogens is 344 g/mol. The van der Waals surface area contributed by atoms with E-state index in [0.29, 0.717) is 18.8 Å². The Morgan fingerprint density at radius 1 is 1.19 bits per heavy atom. The van der Waals surface area contributed by atoms with Crippen LogP contribution in [-0.4, -0.2) is 73.9 Å². The lowest BCUT2D eigenvalue weighted by molar-refractivity contribution is -0.0743. The number of likely N-dealkylation sites (tertiary alicyclic amines) is 1. The van der Waals surface area contributed by atoms with Crippen molar-refractivity contribution in [3.8, 4) is 0 Å². The van der Waals surface area contributed by atoms with Gasteiger partial charge >= 0.3 is 0 Å². The first kappa shape index (κ1) is 18.2. The fourth-order valence-corrected chi connectivity index (χ4v) is 4.17. The third kappa shape index (κ3) is 3.91. The molecule has 2 aromatic heterocycles.